The van der Waals surface area contributed by atoms with Crippen LogP contribution in [0.1, 0.15) is 354 Å². The van der Waals surface area contributed by atoms with Crippen LogP contribution in [0.5, 0.6) is 0 Å². The molecular weight excluding hydrogens is 1050 g/mol. The Labute approximate surface area is 542 Å². The Morgan fingerprint density at radius 3 is 0.713 bits per heavy atom. The molecule has 0 aromatic heterocycles. The van der Waals surface area contributed by atoms with Gasteiger partial charge < -0.3 is 4.74 Å². The van der Waals surface area contributed by atoms with Gasteiger partial charge in [0.2, 0.25) is 0 Å². The van der Waals surface area contributed by atoms with Crippen LogP contribution in [0, 0.1) is 82.9 Å². The van der Waals surface area contributed by atoms with E-state index < -0.39 is 0 Å². The fourth-order valence-corrected chi connectivity index (χ4v) is 18.5. The normalized spacial score (nSPS) is 29.8. The summed E-state index contributed by atoms with van der Waals surface area (Å²) in [6, 6.07) is 10.4. The van der Waals surface area contributed by atoms with Crippen molar-refractivity contribution < 1.29 is 4.74 Å². The van der Waals surface area contributed by atoms with E-state index in [1.807, 2.05) is 6.07 Å². The number of hydrogen-bond donors (Lipinski definition) is 0. The predicted octanol–water partition coefficient (Wildman–Crippen LogP) is 27.6. The summed E-state index contributed by atoms with van der Waals surface area (Å²) in [5.41, 5.74) is 1.28. The third-order valence-electron chi connectivity index (χ3n) is 23.9. The SMILES string of the molecule is C1=CC2CC1CC2OCc1ccccc1.CCCCCCCCC1CC2C=CC1C2.CCCCCCCCCCC1CC2C=CC1C2.CCCCCCCCCCCCC1CC2C=CC1C2.CCCCCCCCCCCCCCC1CC2C=CC1C2. The maximum atomic E-state index is 5.97. The van der Waals surface area contributed by atoms with Crippen LogP contribution >= 0.6 is 0 Å². The lowest BCUT2D eigenvalue weighted by molar-refractivity contribution is 0.0245. The zero-order chi connectivity index (χ0) is 60.6. The lowest BCUT2D eigenvalue weighted by Gasteiger charge is -2.18. The minimum atomic E-state index is 0.472. The first-order valence-corrected chi connectivity index (χ1v) is 40.1. The molecule has 0 N–H and O–H groups in total. The molecule has 5 fully saturated rings. The zero-order valence-electron chi connectivity index (χ0n) is 58.3. The average molecular weight is 1190 g/mol. The second-order valence-electron chi connectivity index (χ2n) is 31.2. The first kappa shape index (κ1) is 72.3. The summed E-state index contributed by atoms with van der Waals surface area (Å²) in [7, 11) is 0. The highest BCUT2D eigenvalue weighted by Gasteiger charge is 2.38. The molecule has 10 aliphatic rings. The van der Waals surface area contributed by atoms with Gasteiger partial charge in [-0.25, -0.2) is 0 Å². The molecule has 87 heavy (non-hydrogen) atoms. The summed E-state index contributed by atoms with van der Waals surface area (Å²) in [5.74, 6) is 13.5. The molecule has 0 saturated heterocycles. The van der Waals surface area contributed by atoms with Gasteiger partial charge in [-0.3, -0.25) is 0 Å². The van der Waals surface area contributed by atoms with Crippen molar-refractivity contribution in [2.75, 3.05) is 0 Å². The Morgan fingerprint density at radius 2 is 0.494 bits per heavy atom. The van der Waals surface area contributed by atoms with Gasteiger partial charge in [-0.1, -0.05) is 350 Å². The molecule has 10 aliphatic carbocycles. The van der Waals surface area contributed by atoms with Gasteiger partial charge in [-0.2, -0.15) is 0 Å². The van der Waals surface area contributed by atoms with Gasteiger partial charge in [0.05, 0.1) is 12.7 Å². The third-order valence-corrected chi connectivity index (χ3v) is 23.9. The highest BCUT2D eigenvalue weighted by molar-refractivity contribution is 5.16. The first-order valence-electron chi connectivity index (χ1n) is 40.1. The molecule has 1 aromatic rings. The number of unbranched alkanes of at least 4 members (excludes halogenated alkanes) is 32. The third kappa shape index (κ3) is 28.7. The monoisotopic (exact) mass is 1190 g/mol. The molecule has 1 aromatic carbocycles. The molecule has 10 bridgehead atoms. The van der Waals surface area contributed by atoms with Crippen molar-refractivity contribution in [2.24, 2.45) is 82.9 Å². The molecule has 11 rings (SSSR count). The Kier molecular flexibility index (Phi) is 37.6. The minimum absolute atomic E-state index is 0.472. The molecule has 0 spiro atoms. The molecule has 494 valence electrons. The number of fused-ring (bicyclic) bond motifs is 10. The number of benzene rings is 1. The first-order chi connectivity index (χ1) is 43.0. The average Bonchev–Trinajstić information content (AvgIpc) is 4.59. The lowest BCUT2D eigenvalue weighted by atomic mass is 9.88. The molecule has 1 nitrogen and oxygen atoms in total. The summed E-state index contributed by atoms with van der Waals surface area (Å²) in [5, 5.41) is 0. The van der Waals surface area contributed by atoms with E-state index in [1.165, 1.54) is 327 Å². The van der Waals surface area contributed by atoms with E-state index in [0.29, 0.717) is 12.0 Å². The van der Waals surface area contributed by atoms with Gasteiger partial charge in [0, 0.05) is 5.92 Å². The highest BCUT2D eigenvalue weighted by Crippen LogP contribution is 2.49. The summed E-state index contributed by atoms with van der Waals surface area (Å²) >= 11 is 0. The van der Waals surface area contributed by atoms with Crippen LogP contribution < -0.4 is 0 Å². The number of allylic oxidation sites excluding steroid dienone is 9. The molecule has 1 heteroatoms. The molecule has 0 radical (unpaired) electrons. The Morgan fingerprint density at radius 1 is 0.253 bits per heavy atom. The molecule has 5 saturated carbocycles. The summed E-state index contributed by atoms with van der Waals surface area (Å²) in [6.45, 7) is 9.95. The molecule has 0 heterocycles. The summed E-state index contributed by atoms with van der Waals surface area (Å²) < 4.78 is 5.97. The minimum Gasteiger partial charge on any atom is -0.373 e. The second-order valence-corrected chi connectivity index (χ2v) is 31.2. The van der Waals surface area contributed by atoms with E-state index >= 15 is 0 Å². The van der Waals surface area contributed by atoms with E-state index in [2.05, 4.69) is 113 Å². The van der Waals surface area contributed by atoms with Crippen molar-refractivity contribution in [3.05, 3.63) is 96.7 Å². The summed E-state index contributed by atoms with van der Waals surface area (Å²) in [6.07, 6.45) is 98.5. The highest BCUT2D eigenvalue weighted by atomic mass is 16.5. The van der Waals surface area contributed by atoms with Crippen LogP contribution in [-0.2, 0) is 11.3 Å². The number of hydrogen-bond acceptors (Lipinski definition) is 1. The van der Waals surface area contributed by atoms with Gasteiger partial charge >= 0.3 is 0 Å². The lowest BCUT2D eigenvalue weighted by Crippen LogP contribution is -2.17. The Bertz CT molecular complexity index is 1970. The van der Waals surface area contributed by atoms with Crippen molar-refractivity contribution in [2.45, 2.75) is 361 Å². The zero-order valence-corrected chi connectivity index (χ0v) is 58.3. The van der Waals surface area contributed by atoms with E-state index in [4.69, 9.17) is 4.74 Å². The predicted molar refractivity (Wildman–Crippen MR) is 383 cm³/mol. The fourth-order valence-electron chi connectivity index (χ4n) is 18.5. The molecule has 15 unspecified atom stereocenters. The van der Waals surface area contributed by atoms with Gasteiger partial charge in [-0.15, -0.1) is 0 Å². The van der Waals surface area contributed by atoms with Crippen LogP contribution in [0.15, 0.2) is 91.1 Å². The molecule has 0 aliphatic heterocycles. The standard InChI is InChI=1S/C21H38.C19H34.C17H30.C15H26.C14H16O/c1-2-3-4-5-6-7-8-9-10-11-12-13-14-20-17-19-15-16-21(20)18-19;1-2-3-4-5-6-7-8-9-10-11-12-18-15-17-13-14-19(18)16-17;1-2-3-4-5-6-7-8-9-10-16-13-15-11-12-17(16)14-15;1-2-3-4-5-6-7-8-14-11-13-9-10-15(14)12-13;1-2-4-11(5-3-1)10-15-14-9-12-6-7-13(14)8-12/h15-16,19-21H,2-14,17-18H2,1H3;13-14,17-19H,2-12,15-16H2,1H3;11-12,15-17H,2-10,13-14H2,1H3;9-10,13-15H,2-8,11-12H2,1H3;1-7,12-14H,8-10H2. The van der Waals surface area contributed by atoms with Crippen molar-refractivity contribution in [3.8, 4) is 0 Å². The van der Waals surface area contributed by atoms with Crippen LogP contribution in [0.3, 0.4) is 0 Å². The van der Waals surface area contributed by atoms with Gasteiger partial charge in [0.15, 0.2) is 0 Å². The van der Waals surface area contributed by atoms with E-state index in [-0.39, 0.29) is 0 Å². The van der Waals surface area contributed by atoms with Crippen LogP contribution in [-0.4, -0.2) is 6.10 Å². The van der Waals surface area contributed by atoms with Crippen LogP contribution in [0.2, 0.25) is 0 Å². The van der Waals surface area contributed by atoms with Gasteiger partial charge in [0.25, 0.3) is 0 Å². The van der Waals surface area contributed by atoms with Gasteiger partial charge in [-0.05, 0) is 172 Å². The van der Waals surface area contributed by atoms with Crippen LogP contribution in [0.25, 0.3) is 0 Å². The molecule has 0 amide bonds. The Hall–Kier alpha value is -2.12. The Balaban J connectivity index is 0.000000156. The fraction of sp³-hybridized carbons (Fsp3) is 0.814. The maximum absolute atomic E-state index is 5.97. The molecular formula is C86H144O. The maximum Gasteiger partial charge on any atom is 0.0720 e. The number of rotatable bonds is 43. The second kappa shape index (κ2) is 45.2. The summed E-state index contributed by atoms with van der Waals surface area (Å²) in [4.78, 5) is 0. The van der Waals surface area contributed by atoms with Crippen molar-refractivity contribution >= 4 is 0 Å². The number of ether oxygens (including phenoxy) is 1. The van der Waals surface area contributed by atoms with Crippen molar-refractivity contribution in [1.29, 1.82) is 0 Å². The smallest absolute Gasteiger partial charge is 0.0720 e. The quantitative estimate of drug-likeness (QED) is 0.0468. The van der Waals surface area contributed by atoms with E-state index in [9.17, 15) is 0 Å². The molecule has 15 atom stereocenters. The largest absolute Gasteiger partial charge is 0.373 e. The van der Waals surface area contributed by atoms with Crippen molar-refractivity contribution in [3.63, 3.8) is 0 Å². The van der Waals surface area contributed by atoms with E-state index in [0.717, 1.165) is 83.5 Å². The van der Waals surface area contributed by atoms with Crippen LogP contribution in [0.4, 0.5) is 0 Å². The van der Waals surface area contributed by atoms with Crippen molar-refractivity contribution in [1.82, 2.24) is 0 Å². The van der Waals surface area contributed by atoms with E-state index in [1.54, 1.807) is 0 Å². The topological polar surface area (TPSA) is 9.23 Å². The van der Waals surface area contributed by atoms with Gasteiger partial charge in [0.1, 0.15) is 0 Å².